The lowest BCUT2D eigenvalue weighted by molar-refractivity contribution is 0.0790. The Labute approximate surface area is 96.2 Å². The molecule has 3 nitrogen and oxygen atoms in total. The summed E-state index contributed by atoms with van der Waals surface area (Å²) in [5, 5.41) is 0. The van der Waals surface area contributed by atoms with Gasteiger partial charge in [0.15, 0.2) is 0 Å². The van der Waals surface area contributed by atoms with E-state index in [1.165, 1.54) is 12.8 Å². The largest absolute Gasteiger partial charge is 0.398 e. The highest BCUT2D eigenvalue weighted by Crippen LogP contribution is 2.30. The number of hydrogen-bond acceptors (Lipinski definition) is 2. The lowest BCUT2D eigenvalue weighted by atomic mass is 10.1. The van der Waals surface area contributed by atoms with E-state index in [0.29, 0.717) is 17.2 Å². The second-order valence-corrected chi connectivity index (χ2v) is 4.72. The van der Waals surface area contributed by atoms with Crippen molar-refractivity contribution in [1.29, 1.82) is 0 Å². The molecule has 1 aromatic rings. The Hall–Kier alpha value is -1.51. The molecule has 0 heterocycles. The van der Waals surface area contributed by atoms with E-state index in [1.807, 2.05) is 32.2 Å². The molecule has 86 valence electrons. The highest BCUT2D eigenvalue weighted by atomic mass is 16.2. The van der Waals surface area contributed by atoms with Crippen LogP contribution in [-0.4, -0.2) is 24.4 Å². The first-order valence-electron chi connectivity index (χ1n) is 5.69. The molecule has 1 amide bonds. The zero-order valence-electron chi connectivity index (χ0n) is 9.86. The van der Waals surface area contributed by atoms with Gasteiger partial charge in [-0.1, -0.05) is 6.07 Å². The van der Waals surface area contributed by atoms with Crippen molar-refractivity contribution in [2.45, 2.75) is 19.8 Å². The number of rotatable bonds is 3. The Balaban J connectivity index is 2.12. The van der Waals surface area contributed by atoms with Crippen LogP contribution in [0, 0.1) is 12.8 Å². The fourth-order valence-corrected chi connectivity index (χ4v) is 1.85. The molecule has 0 spiro atoms. The van der Waals surface area contributed by atoms with E-state index in [2.05, 4.69) is 0 Å². The molecular weight excluding hydrogens is 200 g/mol. The maximum atomic E-state index is 12.1. The molecule has 1 aliphatic rings. The number of anilines is 1. The van der Waals surface area contributed by atoms with Crippen molar-refractivity contribution in [3.8, 4) is 0 Å². The van der Waals surface area contributed by atoms with Gasteiger partial charge in [0, 0.05) is 19.3 Å². The minimum Gasteiger partial charge on any atom is -0.398 e. The Morgan fingerprint density at radius 2 is 2.19 bits per heavy atom. The van der Waals surface area contributed by atoms with Crippen LogP contribution in [0.5, 0.6) is 0 Å². The van der Waals surface area contributed by atoms with Gasteiger partial charge in [0.05, 0.1) is 5.56 Å². The smallest absolute Gasteiger partial charge is 0.255 e. The third-order valence-corrected chi connectivity index (χ3v) is 3.01. The Bertz CT molecular complexity index is 410. The third-order valence-electron chi connectivity index (χ3n) is 3.01. The van der Waals surface area contributed by atoms with Gasteiger partial charge in [0.1, 0.15) is 0 Å². The Morgan fingerprint density at radius 3 is 2.75 bits per heavy atom. The average Bonchev–Trinajstić information content (AvgIpc) is 3.00. The second-order valence-electron chi connectivity index (χ2n) is 4.72. The predicted molar refractivity (Wildman–Crippen MR) is 65.3 cm³/mol. The normalized spacial score (nSPS) is 14.9. The molecule has 0 radical (unpaired) electrons. The third kappa shape index (κ3) is 2.35. The molecule has 1 aromatic carbocycles. The number of benzene rings is 1. The number of carbonyl (C=O) groups is 1. The van der Waals surface area contributed by atoms with Gasteiger partial charge in [-0.3, -0.25) is 4.79 Å². The van der Waals surface area contributed by atoms with Crippen molar-refractivity contribution in [3.63, 3.8) is 0 Å². The Kier molecular flexibility index (Phi) is 2.86. The van der Waals surface area contributed by atoms with Crippen LogP contribution in [-0.2, 0) is 0 Å². The number of carbonyl (C=O) groups excluding carboxylic acids is 1. The molecule has 0 unspecified atom stereocenters. The summed E-state index contributed by atoms with van der Waals surface area (Å²) in [6, 6.07) is 5.59. The van der Waals surface area contributed by atoms with Gasteiger partial charge in [-0.05, 0) is 43.4 Å². The molecule has 0 bridgehead atoms. The topological polar surface area (TPSA) is 46.3 Å². The van der Waals surface area contributed by atoms with Crippen LogP contribution in [0.2, 0.25) is 0 Å². The molecule has 1 saturated carbocycles. The Morgan fingerprint density at radius 1 is 1.50 bits per heavy atom. The van der Waals surface area contributed by atoms with Crippen molar-refractivity contribution >= 4 is 11.6 Å². The van der Waals surface area contributed by atoms with E-state index in [-0.39, 0.29) is 5.91 Å². The second kappa shape index (κ2) is 4.16. The van der Waals surface area contributed by atoms with Gasteiger partial charge in [0.25, 0.3) is 5.91 Å². The summed E-state index contributed by atoms with van der Waals surface area (Å²) < 4.78 is 0. The first kappa shape index (κ1) is 11.0. The van der Waals surface area contributed by atoms with Crippen LogP contribution in [0.25, 0.3) is 0 Å². The van der Waals surface area contributed by atoms with Gasteiger partial charge in [-0.2, -0.15) is 0 Å². The van der Waals surface area contributed by atoms with Gasteiger partial charge >= 0.3 is 0 Å². The molecule has 0 saturated heterocycles. The van der Waals surface area contributed by atoms with E-state index < -0.39 is 0 Å². The van der Waals surface area contributed by atoms with E-state index >= 15 is 0 Å². The summed E-state index contributed by atoms with van der Waals surface area (Å²) in [6.07, 6.45) is 2.50. The van der Waals surface area contributed by atoms with Gasteiger partial charge < -0.3 is 10.6 Å². The summed E-state index contributed by atoms with van der Waals surface area (Å²) in [5.74, 6) is 0.741. The van der Waals surface area contributed by atoms with Crippen molar-refractivity contribution in [3.05, 3.63) is 29.3 Å². The molecule has 0 aromatic heterocycles. The molecule has 16 heavy (non-hydrogen) atoms. The van der Waals surface area contributed by atoms with Crippen molar-refractivity contribution < 1.29 is 4.79 Å². The standard InChI is InChI=1S/C13H18N2O/c1-9-3-6-11(12(14)7-9)13(16)15(2)8-10-4-5-10/h3,6-7,10H,4-5,8,14H2,1-2H3. The highest BCUT2D eigenvalue weighted by Gasteiger charge is 2.25. The number of aryl methyl sites for hydroxylation is 1. The fraction of sp³-hybridized carbons (Fsp3) is 0.462. The fourth-order valence-electron chi connectivity index (χ4n) is 1.85. The average molecular weight is 218 g/mol. The summed E-state index contributed by atoms with van der Waals surface area (Å²) in [4.78, 5) is 13.9. The SMILES string of the molecule is Cc1ccc(C(=O)N(C)CC2CC2)c(N)c1. The number of amides is 1. The summed E-state index contributed by atoms with van der Waals surface area (Å²) >= 11 is 0. The lowest BCUT2D eigenvalue weighted by Crippen LogP contribution is -2.29. The molecule has 1 aliphatic carbocycles. The quantitative estimate of drug-likeness (QED) is 0.789. The van der Waals surface area contributed by atoms with E-state index in [4.69, 9.17) is 5.73 Å². The van der Waals surface area contributed by atoms with Crippen molar-refractivity contribution in [2.24, 2.45) is 5.92 Å². The summed E-state index contributed by atoms with van der Waals surface area (Å²) in [6.45, 7) is 2.82. The minimum absolute atomic E-state index is 0.0319. The van der Waals surface area contributed by atoms with Gasteiger partial charge in [-0.25, -0.2) is 0 Å². The van der Waals surface area contributed by atoms with Crippen molar-refractivity contribution in [1.82, 2.24) is 4.90 Å². The molecule has 0 aliphatic heterocycles. The maximum absolute atomic E-state index is 12.1. The zero-order chi connectivity index (χ0) is 11.7. The van der Waals surface area contributed by atoms with Crippen LogP contribution in [0.1, 0.15) is 28.8 Å². The highest BCUT2D eigenvalue weighted by molar-refractivity contribution is 5.99. The van der Waals surface area contributed by atoms with Crippen LogP contribution in [0.4, 0.5) is 5.69 Å². The minimum atomic E-state index is 0.0319. The molecular formula is C13H18N2O. The number of hydrogen-bond donors (Lipinski definition) is 1. The summed E-state index contributed by atoms with van der Waals surface area (Å²) in [7, 11) is 1.85. The van der Waals surface area contributed by atoms with Crippen LogP contribution < -0.4 is 5.73 Å². The molecule has 2 N–H and O–H groups in total. The number of nitrogens with two attached hydrogens (primary N) is 1. The van der Waals surface area contributed by atoms with Gasteiger partial charge in [0.2, 0.25) is 0 Å². The molecule has 0 atom stereocenters. The monoisotopic (exact) mass is 218 g/mol. The van der Waals surface area contributed by atoms with Crippen LogP contribution >= 0.6 is 0 Å². The molecule has 1 fully saturated rings. The van der Waals surface area contributed by atoms with E-state index in [9.17, 15) is 4.79 Å². The van der Waals surface area contributed by atoms with Crippen LogP contribution in [0.3, 0.4) is 0 Å². The molecule has 2 rings (SSSR count). The van der Waals surface area contributed by atoms with E-state index in [1.54, 1.807) is 4.90 Å². The zero-order valence-corrected chi connectivity index (χ0v) is 9.86. The summed E-state index contributed by atoms with van der Waals surface area (Å²) in [5.41, 5.74) is 8.14. The van der Waals surface area contributed by atoms with E-state index in [0.717, 1.165) is 12.1 Å². The van der Waals surface area contributed by atoms with Gasteiger partial charge in [-0.15, -0.1) is 0 Å². The lowest BCUT2D eigenvalue weighted by Gasteiger charge is -2.18. The first-order valence-corrected chi connectivity index (χ1v) is 5.69. The first-order chi connectivity index (χ1) is 7.58. The number of nitrogens with zero attached hydrogens (tertiary/aromatic N) is 1. The number of nitrogen functional groups attached to an aromatic ring is 1. The van der Waals surface area contributed by atoms with Crippen molar-refractivity contribution in [2.75, 3.05) is 19.3 Å². The molecule has 3 heteroatoms. The maximum Gasteiger partial charge on any atom is 0.255 e. The van der Waals surface area contributed by atoms with Crippen LogP contribution in [0.15, 0.2) is 18.2 Å². The predicted octanol–water partition coefficient (Wildman–Crippen LogP) is 2.06.